The number of fused-ring (bicyclic) bond motifs is 2. The van der Waals surface area contributed by atoms with Crippen molar-refractivity contribution in [3.05, 3.63) is 44.1 Å². The van der Waals surface area contributed by atoms with Gasteiger partial charge in [-0.3, -0.25) is 14.3 Å². The normalized spacial score (nSPS) is 11.3. The highest BCUT2D eigenvalue weighted by atomic mass is 16.2. The molecule has 6 heteroatoms. The maximum Gasteiger partial charge on any atom is 0.329 e. The minimum atomic E-state index is -0.490. The number of hydrogen-bond donors (Lipinski definition) is 1. The van der Waals surface area contributed by atoms with Gasteiger partial charge in [-0.2, -0.15) is 0 Å². The number of hydrogen-bond acceptors (Lipinski definition) is 4. The van der Waals surface area contributed by atoms with Gasteiger partial charge in [0.15, 0.2) is 11.2 Å². The summed E-state index contributed by atoms with van der Waals surface area (Å²) in [5, 5.41) is 0. The maximum atomic E-state index is 12.0. The fraction of sp³-hybridized carbons (Fsp3) is 0.231. The van der Waals surface area contributed by atoms with Gasteiger partial charge in [0.05, 0.1) is 11.0 Å². The molecule has 0 aliphatic carbocycles. The van der Waals surface area contributed by atoms with Crippen LogP contribution in [0.1, 0.15) is 11.1 Å². The summed E-state index contributed by atoms with van der Waals surface area (Å²) in [7, 11) is 1.41. The summed E-state index contributed by atoms with van der Waals surface area (Å²) in [5.74, 6) is 0. The van der Waals surface area contributed by atoms with Crippen molar-refractivity contribution in [3.8, 4) is 0 Å². The van der Waals surface area contributed by atoms with Crippen LogP contribution in [0.3, 0.4) is 0 Å². The number of H-pyrrole nitrogens is 1. The number of nitrogens with one attached hydrogen (secondary N) is 1. The quantitative estimate of drug-likeness (QED) is 0.603. The maximum absolute atomic E-state index is 12.0. The average Bonchev–Trinajstić information content (AvgIpc) is 2.34. The Morgan fingerprint density at radius 3 is 2.58 bits per heavy atom. The fourth-order valence-corrected chi connectivity index (χ4v) is 2.18. The third-order valence-corrected chi connectivity index (χ3v) is 3.14. The Labute approximate surface area is 107 Å². The van der Waals surface area contributed by atoms with Crippen LogP contribution in [-0.4, -0.2) is 19.5 Å². The van der Waals surface area contributed by atoms with Gasteiger partial charge in [0.25, 0.3) is 5.56 Å². The molecule has 0 saturated carbocycles. The van der Waals surface area contributed by atoms with Crippen LogP contribution in [0.5, 0.6) is 0 Å². The van der Waals surface area contributed by atoms with Crippen molar-refractivity contribution in [2.75, 3.05) is 0 Å². The van der Waals surface area contributed by atoms with Gasteiger partial charge in [0, 0.05) is 7.05 Å². The van der Waals surface area contributed by atoms with Gasteiger partial charge in [-0.05, 0) is 31.0 Å². The van der Waals surface area contributed by atoms with Crippen molar-refractivity contribution < 1.29 is 0 Å². The Kier molecular flexibility index (Phi) is 2.28. The van der Waals surface area contributed by atoms with E-state index in [0.29, 0.717) is 11.0 Å². The highest BCUT2D eigenvalue weighted by Gasteiger charge is 2.10. The number of aryl methyl sites for hydroxylation is 2. The number of aromatic nitrogens is 4. The van der Waals surface area contributed by atoms with E-state index in [0.717, 1.165) is 15.7 Å². The molecule has 0 aliphatic heterocycles. The molecule has 0 saturated heterocycles. The van der Waals surface area contributed by atoms with Gasteiger partial charge in [-0.1, -0.05) is 6.07 Å². The van der Waals surface area contributed by atoms with Crippen molar-refractivity contribution in [2.24, 2.45) is 7.05 Å². The molecule has 0 atom stereocenters. The van der Waals surface area contributed by atoms with E-state index in [2.05, 4.69) is 15.0 Å². The molecule has 0 bridgehead atoms. The second-order valence-corrected chi connectivity index (χ2v) is 4.66. The number of aromatic amines is 1. The minimum Gasteiger partial charge on any atom is -0.290 e. The first-order valence-electron chi connectivity index (χ1n) is 5.85. The molecular weight excluding hydrogens is 244 g/mol. The molecule has 19 heavy (non-hydrogen) atoms. The SMILES string of the molecule is Cc1cc(C)c2nc3c(=O)n(C)c(=O)[nH]c3nc2c1. The average molecular weight is 256 g/mol. The Morgan fingerprint density at radius 2 is 1.84 bits per heavy atom. The number of rotatable bonds is 0. The molecule has 0 aliphatic rings. The van der Waals surface area contributed by atoms with Crippen LogP contribution in [0, 0.1) is 13.8 Å². The van der Waals surface area contributed by atoms with Crippen molar-refractivity contribution in [3.63, 3.8) is 0 Å². The molecule has 3 aromatic rings. The Hall–Kier alpha value is -2.50. The fourth-order valence-electron chi connectivity index (χ4n) is 2.18. The Bertz CT molecular complexity index is 937. The van der Waals surface area contributed by atoms with Crippen LogP contribution in [0.15, 0.2) is 21.7 Å². The van der Waals surface area contributed by atoms with E-state index in [1.165, 1.54) is 7.05 Å². The molecule has 0 radical (unpaired) electrons. The topological polar surface area (TPSA) is 80.6 Å². The van der Waals surface area contributed by atoms with E-state index in [1.807, 2.05) is 26.0 Å². The summed E-state index contributed by atoms with van der Waals surface area (Å²) in [6.07, 6.45) is 0. The second kappa shape index (κ2) is 3.74. The third-order valence-electron chi connectivity index (χ3n) is 3.14. The van der Waals surface area contributed by atoms with Crippen LogP contribution in [0.25, 0.3) is 22.2 Å². The molecule has 3 rings (SSSR count). The first kappa shape index (κ1) is 11.6. The summed E-state index contributed by atoms with van der Waals surface area (Å²) in [6, 6.07) is 3.86. The zero-order valence-corrected chi connectivity index (χ0v) is 10.8. The molecular formula is C13H12N4O2. The van der Waals surface area contributed by atoms with E-state index in [-0.39, 0.29) is 11.2 Å². The van der Waals surface area contributed by atoms with Crippen LogP contribution >= 0.6 is 0 Å². The van der Waals surface area contributed by atoms with Gasteiger partial charge in [0.2, 0.25) is 0 Å². The van der Waals surface area contributed by atoms with E-state index < -0.39 is 11.2 Å². The first-order valence-corrected chi connectivity index (χ1v) is 5.85. The summed E-state index contributed by atoms with van der Waals surface area (Å²) in [5.41, 5.74) is 2.86. The zero-order valence-electron chi connectivity index (χ0n) is 10.8. The molecule has 96 valence electrons. The van der Waals surface area contributed by atoms with Crippen molar-refractivity contribution >= 4 is 22.2 Å². The van der Waals surface area contributed by atoms with Crippen molar-refractivity contribution in [1.29, 1.82) is 0 Å². The largest absolute Gasteiger partial charge is 0.329 e. The lowest BCUT2D eigenvalue weighted by atomic mass is 10.1. The lowest BCUT2D eigenvalue weighted by molar-refractivity contribution is 0.788. The van der Waals surface area contributed by atoms with E-state index in [4.69, 9.17) is 0 Å². The molecule has 6 nitrogen and oxygen atoms in total. The van der Waals surface area contributed by atoms with Gasteiger partial charge in [-0.25, -0.2) is 14.8 Å². The Balaban J connectivity index is 2.60. The molecule has 0 spiro atoms. The van der Waals surface area contributed by atoms with Crippen LogP contribution in [-0.2, 0) is 7.05 Å². The molecule has 0 unspecified atom stereocenters. The highest BCUT2D eigenvalue weighted by Crippen LogP contribution is 2.18. The second-order valence-electron chi connectivity index (χ2n) is 4.66. The molecule has 2 heterocycles. The van der Waals surface area contributed by atoms with Crippen LogP contribution < -0.4 is 11.2 Å². The van der Waals surface area contributed by atoms with Crippen molar-refractivity contribution in [1.82, 2.24) is 19.5 Å². The molecule has 0 amide bonds. The predicted octanol–water partition coefficient (Wildman–Crippen LogP) is 0.787. The summed E-state index contributed by atoms with van der Waals surface area (Å²) < 4.78 is 0.992. The number of benzene rings is 1. The van der Waals surface area contributed by atoms with Crippen LogP contribution in [0.4, 0.5) is 0 Å². The van der Waals surface area contributed by atoms with Gasteiger partial charge < -0.3 is 0 Å². The third kappa shape index (κ3) is 1.64. The summed E-state index contributed by atoms with van der Waals surface area (Å²) in [4.78, 5) is 34.8. The molecule has 1 aromatic carbocycles. The summed E-state index contributed by atoms with van der Waals surface area (Å²) >= 11 is 0. The summed E-state index contributed by atoms with van der Waals surface area (Å²) in [6.45, 7) is 3.89. The van der Waals surface area contributed by atoms with Gasteiger partial charge in [-0.15, -0.1) is 0 Å². The lowest BCUT2D eigenvalue weighted by Crippen LogP contribution is -2.33. The molecule has 2 aromatic heterocycles. The predicted molar refractivity (Wildman–Crippen MR) is 72.4 cm³/mol. The standard InChI is InChI=1S/C13H12N4O2/c1-6-4-7(2)9-8(5-6)14-11-10(15-9)12(18)17(3)13(19)16-11/h4-5H,1-3H3,(H,14,16,19). The lowest BCUT2D eigenvalue weighted by Gasteiger charge is -2.05. The van der Waals surface area contributed by atoms with Gasteiger partial charge >= 0.3 is 5.69 Å². The number of nitrogens with zero attached hydrogens (tertiary/aromatic N) is 3. The van der Waals surface area contributed by atoms with Crippen molar-refractivity contribution in [2.45, 2.75) is 13.8 Å². The minimum absolute atomic E-state index is 0.182. The van der Waals surface area contributed by atoms with E-state index in [1.54, 1.807) is 0 Å². The van der Waals surface area contributed by atoms with Gasteiger partial charge in [0.1, 0.15) is 0 Å². The zero-order chi connectivity index (χ0) is 13.7. The first-order chi connectivity index (χ1) is 8.97. The van der Waals surface area contributed by atoms with E-state index in [9.17, 15) is 9.59 Å². The van der Waals surface area contributed by atoms with Crippen LogP contribution in [0.2, 0.25) is 0 Å². The molecule has 0 fully saturated rings. The Morgan fingerprint density at radius 1 is 1.11 bits per heavy atom. The van der Waals surface area contributed by atoms with E-state index >= 15 is 0 Å². The smallest absolute Gasteiger partial charge is 0.290 e. The monoisotopic (exact) mass is 256 g/mol. The highest BCUT2D eigenvalue weighted by molar-refractivity contribution is 5.86. The molecule has 1 N–H and O–H groups in total.